The molecule has 0 aliphatic heterocycles. The Kier molecular flexibility index (Phi) is 16.7. The lowest BCUT2D eigenvalue weighted by molar-refractivity contribution is -0.142. The number of carbonyl (C=O) groups is 3. The van der Waals surface area contributed by atoms with Gasteiger partial charge >= 0.3 is 5.97 Å². The van der Waals surface area contributed by atoms with Crippen LogP contribution in [-0.2, 0) is 20.8 Å². The van der Waals surface area contributed by atoms with Crippen LogP contribution in [0.4, 0.5) is 0 Å². The Morgan fingerprint density at radius 1 is 0.857 bits per heavy atom. The van der Waals surface area contributed by atoms with Crippen LogP contribution in [0.3, 0.4) is 0 Å². The zero-order valence-corrected chi connectivity index (χ0v) is 21.2. The Hall–Kier alpha value is -2.89. The number of carbonyl (C=O) groups excluding carboxylic acids is 2. The smallest absolute Gasteiger partial charge is 0.326 e. The first-order valence-corrected chi connectivity index (χ1v) is 13.0. The summed E-state index contributed by atoms with van der Waals surface area (Å²) in [6.45, 7) is 2.22. The topological polar surface area (TPSA) is 104 Å². The van der Waals surface area contributed by atoms with E-state index >= 15 is 0 Å². The van der Waals surface area contributed by atoms with E-state index in [1.54, 1.807) is 12.1 Å². The Morgan fingerprint density at radius 3 is 2.09 bits per heavy atom. The lowest BCUT2D eigenvalue weighted by atomic mass is 10.0. The van der Waals surface area contributed by atoms with E-state index in [1.807, 2.05) is 0 Å². The van der Waals surface area contributed by atoms with Crippen molar-refractivity contribution in [2.45, 2.75) is 103 Å². The zero-order valence-electron chi connectivity index (χ0n) is 21.2. The molecule has 0 aliphatic rings. The van der Waals surface area contributed by atoms with Gasteiger partial charge in [-0.1, -0.05) is 75.5 Å². The van der Waals surface area contributed by atoms with E-state index in [9.17, 15) is 24.6 Å². The van der Waals surface area contributed by atoms with Crippen molar-refractivity contribution < 1.29 is 24.6 Å². The van der Waals surface area contributed by atoms with Gasteiger partial charge in [-0.2, -0.15) is 0 Å². The maximum atomic E-state index is 12.1. The monoisotopic (exact) mass is 485 g/mol. The number of Topliss-reactive ketones (excluding diaryl/α,β-unsaturated/α-hetero) is 1. The van der Waals surface area contributed by atoms with Gasteiger partial charge < -0.3 is 15.5 Å². The number of carboxylic acids is 1. The number of rotatable bonds is 20. The van der Waals surface area contributed by atoms with E-state index in [-0.39, 0.29) is 24.4 Å². The van der Waals surface area contributed by atoms with E-state index in [2.05, 4.69) is 36.5 Å². The number of phenols is 1. The van der Waals surface area contributed by atoms with E-state index in [0.717, 1.165) is 44.9 Å². The summed E-state index contributed by atoms with van der Waals surface area (Å²) in [7, 11) is 0. The average Bonchev–Trinajstić information content (AvgIpc) is 2.82. The van der Waals surface area contributed by atoms with Gasteiger partial charge in [0.1, 0.15) is 17.6 Å². The Bertz CT molecular complexity index is 798. The van der Waals surface area contributed by atoms with Crippen LogP contribution in [0.5, 0.6) is 5.75 Å². The highest BCUT2D eigenvalue weighted by molar-refractivity contribution is 5.99. The van der Waals surface area contributed by atoms with Crippen molar-refractivity contribution in [2.75, 3.05) is 0 Å². The molecule has 0 saturated carbocycles. The van der Waals surface area contributed by atoms with Crippen molar-refractivity contribution in [1.29, 1.82) is 0 Å². The number of carboxylic acid groups (broad SMARTS) is 1. The number of benzene rings is 1. The van der Waals surface area contributed by atoms with E-state index in [0.29, 0.717) is 12.0 Å². The second-order valence-electron chi connectivity index (χ2n) is 9.03. The summed E-state index contributed by atoms with van der Waals surface area (Å²) in [5, 5.41) is 21.1. The molecule has 0 aromatic heterocycles. The molecular weight excluding hydrogens is 442 g/mol. The molecule has 1 aromatic rings. The van der Waals surface area contributed by atoms with Gasteiger partial charge in [0.15, 0.2) is 0 Å². The Morgan fingerprint density at radius 2 is 1.46 bits per heavy atom. The highest BCUT2D eigenvalue weighted by Crippen LogP contribution is 2.12. The summed E-state index contributed by atoms with van der Waals surface area (Å²) in [6.07, 6.45) is 21.3. The molecule has 0 fully saturated rings. The van der Waals surface area contributed by atoms with Crippen LogP contribution >= 0.6 is 0 Å². The van der Waals surface area contributed by atoms with Crippen LogP contribution in [0.25, 0.3) is 0 Å². The van der Waals surface area contributed by atoms with Gasteiger partial charge in [0, 0.05) is 12.8 Å². The van der Waals surface area contributed by atoms with Crippen LogP contribution in [0.1, 0.15) is 96.0 Å². The summed E-state index contributed by atoms with van der Waals surface area (Å²) in [4.78, 5) is 35.7. The van der Waals surface area contributed by atoms with Gasteiger partial charge in [-0.15, -0.1) is 0 Å². The van der Waals surface area contributed by atoms with Crippen LogP contribution in [0, 0.1) is 0 Å². The highest BCUT2D eigenvalue weighted by atomic mass is 16.4. The van der Waals surface area contributed by atoms with Gasteiger partial charge in [-0.25, -0.2) is 4.79 Å². The van der Waals surface area contributed by atoms with Gasteiger partial charge in [0.2, 0.25) is 5.91 Å². The maximum absolute atomic E-state index is 12.1. The number of nitrogens with one attached hydrogen (secondary N) is 1. The standard InChI is InChI=1S/C29H43NO5/c1-2-3-4-5-6-7-8-9-10-11-12-13-14-15-16-17-26(32)23-28(33)30-27(29(34)35)22-24-18-20-25(31)21-19-24/h6-7,9-10,18-21,27,31H,2-5,8,11-17,22-23H2,1H3,(H,30,33)(H,34,35)/t27-/m0/s1. The molecule has 1 aromatic carbocycles. The van der Waals surface area contributed by atoms with Crippen molar-refractivity contribution in [3.05, 3.63) is 54.1 Å². The molecular formula is C29H43NO5. The summed E-state index contributed by atoms with van der Waals surface area (Å²) in [5.41, 5.74) is 0.673. The number of phenolic OH excluding ortho intramolecular Hbond substituents is 1. The fraction of sp³-hybridized carbons (Fsp3) is 0.552. The maximum Gasteiger partial charge on any atom is 0.326 e. The zero-order chi connectivity index (χ0) is 25.7. The second kappa shape index (κ2) is 19.4. The normalized spacial score (nSPS) is 12.3. The predicted octanol–water partition coefficient (Wildman–Crippen LogP) is 6.28. The molecule has 0 saturated heterocycles. The minimum absolute atomic E-state index is 0.0838. The first kappa shape index (κ1) is 30.1. The summed E-state index contributed by atoms with van der Waals surface area (Å²) in [6, 6.07) is 5.02. The van der Waals surface area contributed by atoms with Gasteiger partial charge in [-0.05, 0) is 56.2 Å². The van der Waals surface area contributed by atoms with Crippen molar-refractivity contribution >= 4 is 17.7 Å². The Labute approximate surface area is 210 Å². The van der Waals surface area contributed by atoms with Crippen LogP contribution in [0.2, 0.25) is 0 Å². The van der Waals surface area contributed by atoms with Crippen LogP contribution in [0.15, 0.2) is 48.6 Å². The number of unbranched alkanes of at least 4 members (excludes halogenated alkanes) is 8. The molecule has 0 bridgehead atoms. The molecule has 194 valence electrons. The number of allylic oxidation sites excluding steroid dienone is 4. The molecule has 0 aliphatic carbocycles. The second-order valence-corrected chi connectivity index (χ2v) is 9.03. The largest absolute Gasteiger partial charge is 0.508 e. The summed E-state index contributed by atoms with van der Waals surface area (Å²) >= 11 is 0. The molecule has 0 heterocycles. The molecule has 1 rings (SSSR count). The van der Waals surface area contributed by atoms with Gasteiger partial charge in [0.05, 0.1) is 6.42 Å². The van der Waals surface area contributed by atoms with E-state index in [1.165, 1.54) is 37.8 Å². The number of hydrogen-bond donors (Lipinski definition) is 3. The molecule has 0 unspecified atom stereocenters. The summed E-state index contributed by atoms with van der Waals surface area (Å²) < 4.78 is 0. The van der Waals surface area contributed by atoms with Crippen molar-refractivity contribution in [3.8, 4) is 5.75 Å². The van der Waals surface area contributed by atoms with Crippen LogP contribution in [-0.4, -0.2) is 33.9 Å². The lowest BCUT2D eigenvalue weighted by Gasteiger charge is -2.14. The first-order valence-electron chi connectivity index (χ1n) is 13.0. The number of aromatic hydroxyl groups is 1. The molecule has 1 atom stereocenters. The molecule has 35 heavy (non-hydrogen) atoms. The fourth-order valence-electron chi connectivity index (χ4n) is 3.71. The molecule has 6 nitrogen and oxygen atoms in total. The van der Waals surface area contributed by atoms with E-state index in [4.69, 9.17) is 0 Å². The number of ketones is 1. The third kappa shape index (κ3) is 16.4. The number of amides is 1. The quantitative estimate of drug-likeness (QED) is 0.115. The van der Waals surface area contributed by atoms with Crippen molar-refractivity contribution in [1.82, 2.24) is 5.32 Å². The highest BCUT2D eigenvalue weighted by Gasteiger charge is 2.21. The van der Waals surface area contributed by atoms with Gasteiger partial charge in [0.25, 0.3) is 0 Å². The van der Waals surface area contributed by atoms with Crippen molar-refractivity contribution in [3.63, 3.8) is 0 Å². The lowest BCUT2D eigenvalue weighted by Crippen LogP contribution is -2.42. The predicted molar refractivity (Wildman–Crippen MR) is 140 cm³/mol. The molecule has 1 amide bonds. The number of aliphatic carboxylic acids is 1. The number of hydrogen-bond acceptors (Lipinski definition) is 4. The molecule has 6 heteroatoms. The van der Waals surface area contributed by atoms with Crippen molar-refractivity contribution in [2.24, 2.45) is 0 Å². The van der Waals surface area contributed by atoms with Gasteiger partial charge in [-0.3, -0.25) is 9.59 Å². The third-order valence-corrected chi connectivity index (χ3v) is 5.77. The third-order valence-electron chi connectivity index (χ3n) is 5.77. The minimum atomic E-state index is -1.16. The molecule has 3 N–H and O–H groups in total. The average molecular weight is 486 g/mol. The first-order chi connectivity index (χ1) is 16.9. The summed E-state index contributed by atoms with van der Waals surface area (Å²) in [5.74, 6) is -1.80. The fourth-order valence-corrected chi connectivity index (χ4v) is 3.71. The Balaban J connectivity index is 2.09. The molecule has 0 spiro atoms. The SMILES string of the molecule is CCCCCC=CCC=CCCCCCCCC(=O)CC(=O)N[C@@H](Cc1ccc(O)cc1)C(=O)O. The molecule has 0 radical (unpaired) electrons. The van der Waals surface area contributed by atoms with Crippen LogP contribution < -0.4 is 5.32 Å². The van der Waals surface area contributed by atoms with E-state index < -0.39 is 17.9 Å². The minimum Gasteiger partial charge on any atom is -0.508 e.